The van der Waals surface area contributed by atoms with E-state index in [0.717, 1.165) is 0 Å². The fourth-order valence-corrected chi connectivity index (χ4v) is 2.31. The van der Waals surface area contributed by atoms with Crippen molar-refractivity contribution in [3.8, 4) is 0 Å². The molecule has 2 heterocycles. The van der Waals surface area contributed by atoms with Gasteiger partial charge in [-0.05, 0) is 6.42 Å². The molecule has 3 N–H and O–H groups in total. The molecule has 2 rings (SSSR count). The van der Waals surface area contributed by atoms with E-state index in [0.29, 0.717) is 49.7 Å². The van der Waals surface area contributed by atoms with E-state index in [1.165, 1.54) is 0 Å². The topological polar surface area (TPSA) is 90.2 Å². The highest BCUT2D eigenvalue weighted by Crippen LogP contribution is 2.33. The number of anilines is 1. The van der Waals surface area contributed by atoms with Crippen LogP contribution < -0.4 is 11.3 Å². The molecule has 0 unspecified atom stereocenters. The molecular formula is C12H19N3O3. The predicted octanol–water partition coefficient (Wildman–Crippen LogP) is 0.567. The Labute approximate surface area is 106 Å². The summed E-state index contributed by atoms with van der Waals surface area (Å²) in [6.07, 6.45) is 1.90. The van der Waals surface area contributed by atoms with Gasteiger partial charge in [-0.25, -0.2) is 4.98 Å². The maximum absolute atomic E-state index is 11.9. The Bertz CT molecular complexity index is 478. The lowest BCUT2D eigenvalue weighted by Crippen LogP contribution is -2.39. The van der Waals surface area contributed by atoms with Gasteiger partial charge in [0.1, 0.15) is 17.2 Å². The monoisotopic (exact) mass is 253 g/mol. The molecule has 0 bridgehead atoms. The Balaban J connectivity index is 2.46. The van der Waals surface area contributed by atoms with Crippen LogP contribution in [0.15, 0.2) is 4.79 Å². The number of hydrogen-bond acceptors (Lipinski definition) is 5. The summed E-state index contributed by atoms with van der Waals surface area (Å²) in [4.78, 5) is 19.0. The fourth-order valence-electron chi connectivity index (χ4n) is 2.31. The van der Waals surface area contributed by atoms with Gasteiger partial charge in [0.25, 0.3) is 5.56 Å². The van der Waals surface area contributed by atoms with Gasteiger partial charge in [-0.2, -0.15) is 0 Å². The highest BCUT2D eigenvalue weighted by atomic mass is 16.5. The van der Waals surface area contributed by atoms with Crippen molar-refractivity contribution in [3.05, 3.63) is 21.7 Å². The van der Waals surface area contributed by atoms with Crippen LogP contribution in [-0.4, -0.2) is 30.3 Å². The van der Waals surface area contributed by atoms with Gasteiger partial charge in [0.05, 0.1) is 5.56 Å². The van der Waals surface area contributed by atoms with Crippen LogP contribution in [0.5, 0.6) is 0 Å². The molecule has 0 atom stereocenters. The second-order valence-corrected chi connectivity index (χ2v) is 4.44. The Kier molecular flexibility index (Phi) is 3.68. The second kappa shape index (κ2) is 5.07. The second-order valence-electron chi connectivity index (χ2n) is 4.44. The predicted molar refractivity (Wildman–Crippen MR) is 67.4 cm³/mol. The number of nitrogen functional groups attached to an aromatic ring is 1. The van der Waals surface area contributed by atoms with Crippen molar-refractivity contribution in [2.24, 2.45) is 0 Å². The standard InChI is InChI=1S/C12H19N3O3/c1-3-8-9(13)14-11(15-10(8)16)12(17-2)4-6-18-7-5-12/h3-7H2,1-2H3,(H3,13,14,15,16). The number of aromatic amines is 1. The summed E-state index contributed by atoms with van der Waals surface area (Å²) < 4.78 is 10.9. The summed E-state index contributed by atoms with van der Waals surface area (Å²) in [5.74, 6) is 0.798. The third-order valence-electron chi connectivity index (χ3n) is 3.52. The van der Waals surface area contributed by atoms with Gasteiger partial charge in [0, 0.05) is 33.2 Å². The lowest BCUT2D eigenvalue weighted by atomic mass is 9.93. The zero-order chi connectivity index (χ0) is 13.2. The zero-order valence-corrected chi connectivity index (χ0v) is 10.8. The van der Waals surface area contributed by atoms with Crippen LogP contribution in [0, 0.1) is 0 Å². The SMILES string of the molecule is CCc1c(N)nc(C2(OC)CCOCC2)[nH]c1=O. The Morgan fingerprint density at radius 1 is 1.50 bits per heavy atom. The zero-order valence-electron chi connectivity index (χ0n) is 10.8. The van der Waals surface area contributed by atoms with Crippen LogP contribution >= 0.6 is 0 Å². The number of methoxy groups -OCH3 is 1. The smallest absolute Gasteiger partial charge is 0.256 e. The third kappa shape index (κ3) is 2.13. The summed E-state index contributed by atoms with van der Waals surface area (Å²) in [5.41, 5.74) is 5.60. The maximum atomic E-state index is 11.9. The van der Waals surface area contributed by atoms with E-state index in [1.54, 1.807) is 7.11 Å². The quantitative estimate of drug-likeness (QED) is 0.821. The summed E-state index contributed by atoms with van der Waals surface area (Å²) in [5, 5.41) is 0. The highest BCUT2D eigenvalue weighted by molar-refractivity contribution is 5.38. The molecule has 6 nitrogen and oxygen atoms in total. The van der Waals surface area contributed by atoms with E-state index < -0.39 is 5.60 Å². The molecule has 1 saturated heterocycles. The maximum Gasteiger partial charge on any atom is 0.256 e. The summed E-state index contributed by atoms with van der Waals surface area (Å²) >= 11 is 0. The average Bonchev–Trinajstić information content (AvgIpc) is 2.39. The van der Waals surface area contributed by atoms with Gasteiger partial charge in [-0.3, -0.25) is 4.79 Å². The summed E-state index contributed by atoms with van der Waals surface area (Å²) in [7, 11) is 1.62. The first-order chi connectivity index (χ1) is 8.63. The molecule has 0 saturated carbocycles. The molecule has 0 amide bonds. The molecule has 1 aliphatic rings. The lowest BCUT2D eigenvalue weighted by molar-refractivity contribution is -0.100. The molecule has 0 radical (unpaired) electrons. The molecule has 100 valence electrons. The van der Waals surface area contributed by atoms with E-state index in [2.05, 4.69) is 9.97 Å². The van der Waals surface area contributed by atoms with Crippen molar-refractivity contribution in [2.75, 3.05) is 26.1 Å². The molecule has 18 heavy (non-hydrogen) atoms. The minimum atomic E-state index is -0.586. The average molecular weight is 253 g/mol. The van der Waals surface area contributed by atoms with Gasteiger partial charge in [-0.1, -0.05) is 6.92 Å². The molecular weight excluding hydrogens is 234 g/mol. The Morgan fingerprint density at radius 2 is 2.17 bits per heavy atom. The van der Waals surface area contributed by atoms with Crippen LogP contribution in [0.4, 0.5) is 5.82 Å². The van der Waals surface area contributed by atoms with E-state index >= 15 is 0 Å². The van der Waals surface area contributed by atoms with Crippen LogP contribution in [0.3, 0.4) is 0 Å². The van der Waals surface area contributed by atoms with Crippen molar-refractivity contribution in [1.82, 2.24) is 9.97 Å². The van der Waals surface area contributed by atoms with Crippen molar-refractivity contribution in [2.45, 2.75) is 31.8 Å². The first-order valence-corrected chi connectivity index (χ1v) is 6.15. The van der Waals surface area contributed by atoms with Crippen LogP contribution in [0.25, 0.3) is 0 Å². The molecule has 1 aromatic heterocycles. The fraction of sp³-hybridized carbons (Fsp3) is 0.667. The van der Waals surface area contributed by atoms with Crippen molar-refractivity contribution in [3.63, 3.8) is 0 Å². The molecule has 0 aromatic carbocycles. The minimum absolute atomic E-state index is 0.178. The number of nitrogens with two attached hydrogens (primary N) is 1. The van der Waals surface area contributed by atoms with Crippen molar-refractivity contribution >= 4 is 5.82 Å². The number of aromatic nitrogens is 2. The molecule has 0 aliphatic carbocycles. The number of nitrogens with zero attached hydrogens (tertiary/aromatic N) is 1. The normalized spacial score (nSPS) is 18.8. The van der Waals surface area contributed by atoms with Crippen LogP contribution in [-0.2, 0) is 21.5 Å². The van der Waals surface area contributed by atoms with Gasteiger partial charge in [-0.15, -0.1) is 0 Å². The Hall–Kier alpha value is -1.40. The molecule has 1 aliphatic heterocycles. The molecule has 6 heteroatoms. The number of rotatable bonds is 3. The lowest BCUT2D eigenvalue weighted by Gasteiger charge is -2.34. The first kappa shape index (κ1) is 13.0. The van der Waals surface area contributed by atoms with Gasteiger partial charge < -0.3 is 20.2 Å². The summed E-state index contributed by atoms with van der Waals surface area (Å²) in [6, 6.07) is 0. The van der Waals surface area contributed by atoms with E-state index in [-0.39, 0.29) is 5.56 Å². The number of nitrogens with one attached hydrogen (secondary N) is 1. The van der Waals surface area contributed by atoms with Crippen molar-refractivity contribution in [1.29, 1.82) is 0 Å². The number of hydrogen-bond donors (Lipinski definition) is 2. The highest BCUT2D eigenvalue weighted by Gasteiger charge is 2.37. The van der Waals surface area contributed by atoms with Crippen LogP contribution in [0.2, 0.25) is 0 Å². The number of ether oxygens (including phenoxy) is 2. The van der Waals surface area contributed by atoms with E-state index in [9.17, 15) is 4.79 Å². The summed E-state index contributed by atoms with van der Waals surface area (Å²) in [6.45, 7) is 3.06. The van der Waals surface area contributed by atoms with Crippen molar-refractivity contribution < 1.29 is 9.47 Å². The first-order valence-electron chi connectivity index (χ1n) is 6.15. The number of H-pyrrole nitrogens is 1. The molecule has 1 fully saturated rings. The van der Waals surface area contributed by atoms with Crippen LogP contribution in [0.1, 0.15) is 31.2 Å². The largest absolute Gasteiger partial charge is 0.383 e. The molecule has 1 aromatic rings. The van der Waals surface area contributed by atoms with Gasteiger partial charge in [0.2, 0.25) is 0 Å². The molecule has 0 spiro atoms. The minimum Gasteiger partial charge on any atom is -0.383 e. The third-order valence-corrected chi connectivity index (χ3v) is 3.52. The van der Waals surface area contributed by atoms with Gasteiger partial charge in [0.15, 0.2) is 0 Å². The Morgan fingerprint density at radius 3 is 2.67 bits per heavy atom. The van der Waals surface area contributed by atoms with Gasteiger partial charge >= 0.3 is 0 Å². The van der Waals surface area contributed by atoms with E-state index in [1.807, 2.05) is 6.92 Å². The van der Waals surface area contributed by atoms with E-state index in [4.69, 9.17) is 15.2 Å².